The summed E-state index contributed by atoms with van der Waals surface area (Å²) in [4.78, 5) is 11.5. The fraction of sp³-hybridized carbons (Fsp3) is 0.682. The number of nitrogens with zero attached hydrogens (tertiary/aromatic N) is 4. The number of aliphatic imine (C=N–C) groups is 1. The molecule has 1 atom stereocenters. The van der Waals surface area contributed by atoms with Gasteiger partial charge in [0, 0.05) is 57.4 Å². The Morgan fingerprint density at radius 1 is 1.13 bits per heavy atom. The molecule has 0 saturated carbocycles. The van der Waals surface area contributed by atoms with Crippen LogP contribution in [0.2, 0.25) is 0 Å². The summed E-state index contributed by atoms with van der Waals surface area (Å²) < 4.78 is 27.6. The van der Waals surface area contributed by atoms with Crippen molar-refractivity contribution in [3.63, 3.8) is 0 Å². The van der Waals surface area contributed by atoms with Crippen LogP contribution in [-0.4, -0.2) is 80.6 Å². The smallest absolute Gasteiger partial charge is 0.193 e. The van der Waals surface area contributed by atoms with Crippen molar-refractivity contribution >= 4 is 29.9 Å². The summed E-state index contributed by atoms with van der Waals surface area (Å²) in [5.41, 5.74) is 0.590. The average molecular weight is 535 g/mol. The van der Waals surface area contributed by atoms with Gasteiger partial charge >= 0.3 is 0 Å². The highest BCUT2D eigenvalue weighted by atomic mass is 127. The van der Waals surface area contributed by atoms with Gasteiger partial charge in [0.05, 0.1) is 0 Å². The van der Waals surface area contributed by atoms with E-state index in [1.54, 1.807) is 6.07 Å². The van der Waals surface area contributed by atoms with E-state index in [9.17, 15) is 8.78 Å². The van der Waals surface area contributed by atoms with Gasteiger partial charge in [-0.1, -0.05) is 13.0 Å². The Labute approximate surface area is 196 Å². The Balaban J connectivity index is 0.00000320. The lowest BCUT2D eigenvalue weighted by atomic mass is 9.97. The Hall–Kier alpha value is -1.00. The molecule has 1 N–H and O–H groups in total. The van der Waals surface area contributed by atoms with Crippen LogP contribution in [-0.2, 0) is 0 Å². The molecule has 0 aliphatic carbocycles. The maximum absolute atomic E-state index is 14.3. The van der Waals surface area contributed by atoms with Crippen molar-refractivity contribution in [2.24, 2.45) is 10.9 Å². The zero-order valence-electron chi connectivity index (χ0n) is 18.4. The number of likely N-dealkylation sites (tertiary alicyclic amines) is 1. The van der Waals surface area contributed by atoms with Crippen LogP contribution in [0.3, 0.4) is 0 Å². The number of rotatable bonds is 5. The molecule has 2 aliphatic rings. The fourth-order valence-electron chi connectivity index (χ4n) is 4.53. The van der Waals surface area contributed by atoms with E-state index in [4.69, 9.17) is 0 Å². The molecule has 0 amide bonds. The third-order valence-electron chi connectivity index (χ3n) is 6.36. The Morgan fingerprint density at radius 2 is 1.80 bits per heavy atom. The minimum atomic E-state index is -0.523. The summed E-state index contributed by atoms with van der Waals surface area (Å²) in [7, 11) is 4.02. The van der Waals surface area contributed by atoms with Crippen molar-refractivity contribution in [3.05, 3.63) is 35.4 Å². The SMILES string of the molecule is CCC(c1ccc(F)cc1F)N1CCN(C(=NC)NCC2CCN(C)CC2)CC1.I. The first kappa shape index (κ1) is 25.3. The topological polar surface area (TPSA) is 34.1 Å². The fourth-order valence-corrected chi connectivity index (χ4v) is 4.53. The molecule has 30 heavy (non-hydrogen) atoms. The molecule has 0 spiro atoms. The van der Waals surface area contributed by atoms with E-state index >= 15 is 0 Å². The number of hydrogen-bond acceptors (Lipinski definition) is 3. The van der Waals surface area contributed by atoms with Crippen LogP contribution in [0.25, 0.3) is 0 Å². The largest absolute Gasteiger partial charge is 0.356 e. The van der Waals surface area contributed by atoms with Gasteiger partial charge in [-0.2, -0.15) is 0 Å². The zero-order valence-corrected chi connectivity index (χ0v) is 20.7. The molecule has 3 rings (SSSR count). The van der Waals surface area contributed by atoms with E-state index in [0.29, 0.717) is 11.5 Å². The lowest BCUT2D eigenvalue weighted by Crippen LogP contribution is -2.53. The van der Waals surface area contributed by atoms with Crippen LogP contribution in [0.15, 0.2) is 23.2 Å². The van der Waals surface area contributed by atoms with Gasteiger partial charge in [0.1, 0.15) is 11.6 Å². The van der Waals surface area contributed by atoms with E-state index in [1.807, 2.05) is 7.05 Å². The number of nitrogens with one attached hydrogen (secondary N) is 1. The Bertz CT molecular complexity index is 686. The molecule has 1 aromatic rings. The van der Waals surface area contributed by atoms with Crippen LogP contribution in [0, 0.1) is 17.6 Å². The number of piperazine rings is 1. The lowest BCUT2D eigenvalue weighted by molar-refractivity contribution is 0.124. The van der Waals surface area contributed by atoms with Crippen LogP contribution in [0.5, 0.6) is 0 Å². The molecule has 2 heterocycles. The summed E-state index contributed by atoms with van der Waals surface area (Å²) in [5, 5.41) is 3.57. The number of hydrogen-bond donors (Lipinski definition) is 1. The van der Waals surface area contributed by atoms with Gasteiger partial charge in [0.2, 0.25) is 0 Å². The van der Waals surface area contributed by atoms with Crippen molar-refractivity contribution < 1.29 is 8.78 Å². The lowest BCUT2D eigenvalue weighted by Gasteiger charge is -2.40. The van der Waals surface area contributed by atoms with Crippen molar-refractivity contribution in [3.8, 4) is 0 Å². The summed E-state index contributed by atoms with van der Waals surface area (Å²) >= 11 is 0. The number of guanidine groups is 1. The van der Waals surface area contributed by atoms with E-state index in [1.165, 1.54) is 32.0 Å². The molecule has 170 valence electrons. The molecule has 0 bridgehead atoms. The van der Waals surface area contributed by atoms with Gasteiger partial charge < -0.3 is 15.1 Å². The standard InChI is InChI=1S/C22H35F2N5.HI/c1-4-21(19-6-5-18(23)15-20(19)24)28-11-13-29(14-12-28)22(25-2)26-16-17-7-9-27(3)10-8-17;/h5-6,15,17,21H,4,7-14,16H2,1-3H3,(H,25,26);1H. The van der Waals surface area contributed by atoms with Gasteiger partial charge in [0.15, 0.2) is 5.96 Å². The first-order chi connectivity index (χ1) is 14.0. The van der Waals surface area contributed by atoms with Crippen LogP contribution in [0.4, 0.5) is 8.78 Å². The third kappa shape index (κ3) is 6.50. The highest BCUT2D eigenvalue weighted by Gasteiger charge is 2.27. The molecule has 5 nitrogen and oxygen atoms in total. The molecule has 2 fully saturated rings. The van der Waals surface area contributed by atoms with Crippen molar-refractivity contribution in [2.45, 2.75) is 32.2 Å². The molecule has 1 aromatic carbocycles. The minimum absolute atomic E-state index is 0. The molecule has 1 unspecified atom stereocenters. The van der Waals surface area contributed by atoms with E-state index < -0.39 is 11.6 Å². The van der Waals surface area contributed by atoms with Crippen molar-refractivity contribution in [1.82, 2.24) is 20.0 Å². The monoisotopic (exact) mass is 535 g/mol. The molecular formula is C22H36F2IN5. The summed E-state index contributed by atoms with van der Waals surface area (Å²) in [6.07, 6.45) is 3.26. The van der Waals surface area contributed by atoms with Gasteiger partial charge in [-0.25, -0.2) is 8.78 Å². The second kappa shape index (κ2) is 12.1. The van der Waals surface area contributed by atoms with Crippen LogP contribution >= 0.6 is 24.0 Å². The molecule has 2 aliphatic heterocycles. The molecule has 0 aromatic heterocycles. The average Bonchev–Trinajstić information content (AvgIpc) is 2.73. The molecule has 0 radical (unpaired) electrons. The Kier molecular flexibility index (Phi) is 10.2. The maximum Gasteiger partial charge on any atom is 0.193 e. The quantitative estimate of drug-likeness (QED) is 0.355. The minimum Gasteiger partial charge on any atom is -0.356 e. The molecule has 2 saturated heterocycles. The summed E-state index contributed by atoms with van der Waals surface area (Å²) in [5.74, 6) is 0.694. The van der Waals surface area contributed by atoms with E-state index in [2.05, 4.69) is 39.0 Å². The number of piperidine rings is 1. The number of benzene rings is 1. The highest BCUT2D eigenvalue weighted by Crippen LogP contribution is 2.28. The van der Waals surface area contributed by atoms with Crippen LogP contribution in [0.1, 0.15) is 37.8 Å². The normalized spacial score (nSPS) is 20.7. The summed E-state index contributed by atoms with van der Waals surface area (Å²) in [6, 6.07) is 3.91. The van der Waals surface area contributed by atoms with Crippen LogP contribution < -0.4 is 5.32 Å². The van der Waals surface area contributed by atoms with Crippen molar-refractivity contribution in [2.75, 3.05) is 59.9 Å². The second-order valence-corrected chi connectivity index (χ2v) is 8.29. The number of halogens is 3. The predicted molar refractivity (Wildman–Crippen MR) is 130 cm³/mol. The zero-order chi connectivity index (χ0) is 20.8. The second-order valence-electron chi connectivity index (χ2n) is 8.29. The molecular weight excluding hydrogens is 499 g/mol. The van der Waals surface area contributed by atoms with Gasteiger partial charge in [-0.3, -0.25) is 9.89 Å². The van der Waals surface area contributed by atoms with Gasteiger partial charge in [-0.15, -0.1) is 24.0 Å². The maximum atomic E-state index is 14.3. The van der Waals surface area contributed by atoms with E-state index in [-0.39, 0.29) is 30.0 Å². The predicted octanol–water partition coefficient (Wildman–Crippen LogP) is 3.57. The molecule has 8 heteroatoms. The first-order valence-corrected chi connectivity index (χ1v) is 10.8. The first-order valence-electron chi connectivity index (χ1n) is 10.8. The summed E-state index contributed by atoms with van der Waals surface area (Å²) in [6.45, 7) is 8.75. The third-order valence-corrected chi connectivity index (χ3v) is 6.36. The van der Waals surface area contributed by atoms with Gasteiger partial charge in [0.25, 0.3) is 0 Å². The van der Waals surface area contributed by atoms with Gasteiger partial charge in [-0.05, 0) is 51.4 Å². The van der Waals surface area contributed by atoms with Crippen molar-refractivity contribution in [1.29, 1.82) is 0 Å². The highest BCUT2D eigenvalue weighted by molar-refractivity contribution is 14.0. The Morgan fingerprint density at radius 3 is 2.37 bits per heavy atom. The van der Waals surface area contributed by atoms with E-state index in [0.717, 1.165) is 51.2 Å².